The first kappa shape index (κ1) is 10.5. The van der Waals surface area contributed by atoms with Crippen LogP contribution in [0.2, 0.25) is 0 Å². The van der Waals surface area contributed by atoms with E-state index < -0.39 is 0 Å². The number of alkyl halides is 1. The lowest BCUT2D eigenvalue weighted by atomic mass is 10.4. The third-order valence-corrected chi connectivity index (χ3v) is 1.09. The van der Waals surface area contributed by atoms with Gasteiger partial charge in [0.2, 0.25) is 0 Å². The Bertz CT molecular complexity index is 141. The molecular weight excluding hydrogens is 164 g/mol. The SMILES string of the molecule is CCCOC(=O)C=CC(C)Cl. The summed E-state index contributed by atoms with van der Waals surface area (Å²) in [6.07, 6.45) is 3.79. The minimum Gasteiger partial charge on any atom is -0.463 e. The van der Waals surface area contributed by atoms with Gasteiger partial charge in [0.15, 0.2) is 0 Å². The van der Waals surface area contributed by atoms with Gasteiger partial charge in [-0.3, -0.25) is 0 Å². The molecule has 0 radical (unpaired) electrons. The molecule has 0 fully saturated rings. The number of hydrogen-bond donors (Lipinski definition) is 0. The molecule has 0 spiro atoms. The van der Waals surface area contributed by atoms with Gasteiger partial charge in [0, 0.05) is 11.5 Å². The molecule has 0 saturated carbocycles. The second-order valence-electron chi connectivity index (χ2n) is 2.20. The second-order valence-corrected chi connectivity index (χ2v) is 2.89. The lowest BCUT2D eigenvalue weighted by Gasteiger charge is -1.97. The molecule has 0 bridgehead atoms. The monoisotopic (exact) mass is 176 g/mol. The van der Waals surface area contributed by atoms with Crippen LogP contribution in [0.25, 0.3) is 0 Å². The van der Waals surface area contributed by atoms with Crippen molar-refractivity contribution in [3.05, 3.63) is 12.2 Å². The molecule has 0 aliphatic heterocycles. The average Bonchev–Trinajstić information content (AvgIpc) is 1.97. The molecule has 1 atom stereocenters. The van der Waals surface area contributed by atoms with Crippen molar-refractivity contribution in [2.24, 2.45) is 0 Å². The molecule has 0 amide bonds. The number of ether oxygens (including phenoxy) is 1. The quantitative estimate of drug-likeness (QED) is 0.373. The van der Waals surface area contributed by atoms with Crippen LogP contribution in [0.15, 0.2) is 12.2 Å². The zero-order valence-electron chi connectivity index (χ0n) is 6.84. The highest BCUT2D eigenvalue weighted by molar-refractivity contribution is 6.21. The van der Waals surface area contributed by atoms with Crippen molar-refractivity contribution < 1.29 is 9.53 Å². The van der Waals surface area contributed by atoms with E-state index in [1.54, 1.807) is 13.0 Å². The summed E-state index contributed by atoms with van der Waals surface area (Å²) in [5.41, 5.74) is 0. The Balaban J connectivity index is 3.51. The molecule has 0 saturated heterocycles. The van der Waals surface area contributed by atoms with Gasteiger partial charge < -0.3 is 4.74 Å². The summed E-state index contributed by atoms with van der Waals surface area (Å²) in [4.78, 5) is 10.7. The summed E-state index contributed by atoms with van der Waals surface area (Å²) < 4.78 is 4.76. The first-order valence-corrected chi connectivity index (χ1v) is 4.09. The molecule has 64 valence electrons. The standard InChI is InChI=1S/C8H13ClO2/c1-3-6-11-8(10)5-4-7(2)9/h4-5,7H,3,6H2,1-2H3. The molecule has 0 aromatic heterocycles. The first-order valence-electron chi connectivity index (χ1n) is 3.65. The Morgan fingerprint density at radius 3 is 2.82 bits per heavy atom. The van der Waals surface area contributed by atoms with E-state index in [2.05, 4.69) is 0 Å². The Morgan fingerprint density at radius 1 is 1.73 bits per heavy atom. The summed E-state index contributed by atoms with van der Waals surface area (Å²) in [6.45, 7) is 4.20. The molecule has 0 aromatic rings. The number of rotatable bonds is 4. The van der Waals surface area contributed by atoms with E-state index >= 15 is 0 Å². The lowest BCUT2D eigenvalue weighted by molar-refractivity contribution is -0.137. The van der Waals surface area contributed by atoms with E-state index in [4.69, 9.17) is 16.3 Å². The van der Waals surface area contributed by atoms with Crippen LogP contribution in [0, 0.1) is 0 Å². The molecule has 0 aromatic carbocycles. The van der Waals surface area contributed by atoms with Gasteiger partial charge in [0.1, 0.15) is 0 Å². The Hall–Kier alpha value is -0.500. The number of hydrogen-bond acceptors (Lipinski definition) is 2. The van der Waals surface area contributed by atoms with E-state index in [-0.39, 0.29) is 11.3 Å². The van der Waals surface area contributed by atoms with Gasteiger partial charge in [-0.15, -0.1) is 11.6 Å². The Morgan fingerprint density at radius 2 is 2.36 bits per heavy atom. The van der Waals surface area contributed by atoms with Gasteiger partial charge in [-0.1, -0.05) is 13.0 Å². The van der Waals surface area contributed by atoms with Crippen molar-refractivity contribution >= 4 is 17.6 Å². The second kappa shape index (κ2) is 6.23. The van der Waals surface area contributed by atoms with Crippen LogP contribution in [0.4, 0.5) is 0 Å². The highest BCUT2D eigenvalue weighted by Gasteiger charge is 1.95. The fraction of sp³-hybridized carbons (Fsp3) is 0.625. The largest absolute Gasteiger partial charge is 0.463 e. The van der Waals surface area contributed by atoms with Crippen molar-refractivity contribution in [3.8, 4) is 0 Å². The van der Waals surface area contributed by atoms with Crippen LogP contribution < -0.4 is 0 Å². The minimum atomic E-state index is -0.320. The van der Waals surface area contributed by atoms with Crippen molar-refractivity contribution in [1.29, 1.82) is 0 Å². The van der Waals surface area contributed by atoms with Gasteiger partial charge in [-0.05, 0) is 13.3 Å². The van der Waals surface area contributed by atoms with Crippen molar-refractivity contribution in [1.82, 2.24) is 0 Å². The number of esters is 1. The minimum absolute atomic E-state index is 0.121. The van der Waals surface area contributed by atoms with E-state index in [1.807, 2.05) is 6.92 Å². The van der Waals surface area contributed by atoms with Crippen LogP contribution in [0.1, 0.15) is 20.3 Å². The molecule has 0 aliphatic rings. The maximum absolute atomic E-state index is 10.7. The summed E-state index contributed by atoms with van der Waals surface area (Å²) in [5, 5.41) is -0.121. The third kappa shape index (κ3) is 7.40. The molecule has 0 N–H and O–H groups in total. The van der Waals surface area contributed by atoms with E-state index in [9.17, 15) is 4.79 Å². The lowest BCUT2D eigenvalue weighted by Crippen LogP contribution is -2.01. The topological polar surface area (TPSA) is 26.3 Å². The number of allylic oxidation sites excluding steroid dienone is 1. The van der Waals surface area contributed by atoms with Crippen LogP contribution >= 0.6 is 11.6 Å². The number of carbonyl (C=O) groups is 1. The maximum atomic E-state index is 10.7. The predicted octanol–water partition coefficient (Wildman–Crippen LogP) is 2.12. The number of carbonyl (C=O) groups excluding carboxylic acids is 1. The van der Waals surface area contributed by atoms with Gasteiger partial charge in [-0.25, -0.2) is 4.79 Å². The van der Waals surface area contributed by atoms with Crippen LogP contribution in [0.3, 0.4) is 0 Å². The van der Waals surface area contributed by atoms with Gasteiger partial charge in [0.25, 0.3) is 0 Å². The molecule has 0 aliphatic carbocycles. The molecule has 2 nitrogen and oxygen atoms in total. The smallest absolute Gasteiger partial charge is 0.330 e. The summed E-state index contributed by atoms with van der Waals surface area (Å²) in [7, 11) is 0. The fourth-order valence-corrected chi connectivity index (χ4v) is 0.535. The van der Waals surface area contributed by atoms with Crippen LogP contribution in [-0.4, -0.2) is 18.0 Å². The van der Waals surface area contributed by atoms with Crippen LogP contribution in [0.5, 0.6) is 0 Å². The number of halogens is 1. The molecule has 0 heterocycles. The Labute approximate surface area is 72.2 Å². The zero-order valence-corrected chi connectivity index (χ0v) is 7.60. The van der Waals surface area contributed by atoms with Crippen LogP contribution in [-0.2, 0) is 9.53 Å². The molecule has 11 heavy (non-hydrogen) atoms. The zero-order chi connectivity index (χ0) is 8.69. The predicted molar refractivity (Wildman–Crippen MR) is 45.7 cm³/mol. The average molecular weight is 177 g/mol. The molecule has 3 heteroatoms. The van der Waals surface area contributed by atoms with Crippen molar-refractivity contribution in [2.45, 2.75) is 25.6 Å². The van der Waals surface area contributed by atoms with Gasteiger partial charge in [0.05, 0.1) is 6.61 Å². The van der Waals surface area contributed by atoms with E-state index in [1.165, 1.54) is 6.08 Å². The highest BCUT2D eigenvalue weighted by atomic mass is 35.5. The van der Waals surface area contributed by atoms with Gasteiger partial charge in [-0.2, -0.15) is 0 Å². The van der Waals surface area contributed by atoms with Gasteiger partial charge >= 0.3 is 5.97 Å². The third-order valence-electron chi connectivity index (χ3n) is 0.946. The van der Waals surface area contributed by atoms with Crippen molar-refractivity contribution in [3.63, 3.8) is 0 Å². The van der Waals surface area contributed by atoms with E-state index in [0.29, 0.717) is 6.61 Å². The molecule has 0 rings (SSSR count). The summed E-state index contributed by atoms with van der Waals surface area (Å²) >= 11 is 5.56. The highest BCUT2D eigenvalue weighted by Crippen LogP contribution is 1.95. The summed E-state index contributed by atoms with van der Waals surface area (Å²) in [6, 6.07) is 0. The van der Waals surface area contributed by atoms with Crippen molar-refractivity contribution in [2.75, 3.05) is 6.61 Å². The molecule has 1 unspecified atom stereocenters. The van der Waals surface area contributed by atoms with E-state index in [0.717, 1.165) is 6.42 Å². The Kier molecular flexibility index (Phi) is 5.94. The maximum Gasteiger partial charge on any atom is 0.330 e. The molecular formula is C8H13ClO2. The fourth-order valence-electron chi connectivity index (χ4n) is 0.462. The normalized spacial score (nSPS) is 13.4. The first-order chi connectivity index (χ1) is 5.16. The summed E-state index contributed by atoms with van der Waals surface area (Å²) in [5.74, 6) is -0.320.